The van der Waals surface area contributed by atoms with Crippen molar-refractivity contribution in [2.24, 2.45) is 0 Å². The second kappa shape index (κ2) is 8.30. The van der Waals surface area contributed by atoms with E-state index in [1.807, 2.05) is 32.0 Å². The van der Waals surface area contributed by atoms with Crippen molar-refractivity contribution in [3.8, 4) is 11.5 Å². The summed E-state index contributed by atoms with van der Waals surface area (Å²) in [6, 6.07) is 17.8. The van der Waals surface area contributed by atoms with E-state index in [1.165, 1.54) is 0 Å². The van der Waals surface area contributed by atoms with Gasteiger partial charge in [0.25, 0.3) is 11.8 Å². The number of imide groups is 1. The molecule has 1 N–H and O–H groups in total. The monoisotopic (exact) mass is 460 g/mol. The predicted molar refractivity (Wildman–Crippen MR) is 128 cm³/mol. The van der Waals surface area contributed by atoms with Crippen molar-refractivity contribution in [3.63, 3.8) is 0 Å². The normalized spacial score (nSPS) is 15.3. The van der Waals surface area contributed by atoms with E-state index in [1.54, 1.807) is 42.5 Å². The van der Waals surface area contributed by atoms with Crippen LogP contribution in [0.2, 0.25) is 5.02 Å². The minimum Gasteiger partial charge on any atom is -0.486 e. The molecule has 3 aromatic carbocycles. The first-order chi connectivity index (χ1) is 15.9. The molecule has 0 radical (unpaired) electrons. The molecule has 166 valence electrons. The predicted octanol–water partition coefficient (Wildman–Crippen LogP) is 5.12. The standard InChI is InChI=1S/C26H21ClN2O4/c1-15-7-8-17(13-16(15)2)23-24(28-18-9-10-21-22(14-18)33-12-11-32-21)26(31)29(25(23)30)20-6-4-3-5-19(20)27/h3-10,13-14,28H,11-12H2,1-2H3. The number of anilines is 2. The fraction of sp³-hybridized carbons (Fsp3) is 0.154. The molecule has 0 unspecified atom stereocenters. The Hall–Kier alpha value is -3.77. The summed E-state index contributed by atoms with van der Waals surface area (Å²) < 4.78 is 11.2. The van der Waals surface area contributed by atoms with Gasteiger partial charge < -0.3 is 14.8 Å². The number of hydrogen-bond donors (Lipinski definition) is 1. The molecule has 2 heterocycles. The number of aryl methyl sites for hydroxylation is 2. The van der Waals surface area contributed by atoms with Crippen LogP contribution in [-0.4, -0.2) is 25.0 Å². The Bertz CT molecular complexity index is 1330. The largest absolute Gasteiger partial charge is 0.486 e. The quantitative estimate of drug-likeness (QED) is 0.547. The van der Waals surface area contributed by atoms with Crippen molar-refractivity contribution in [3.05, 3.63) is 88.1 Å². The molecule has 0 bridgehead atoms. The van der Waals surface area contributed by atoms with Crippen LogP contribution in [0.5, 0.6) is 11.5 Å². The number of carbonyl (C=O) groups excluding carboxylic acids is 2. The van der Waals surface area contributed by atoms with E-state index in [4.69, 9.17) is 21.1 Å². The number of para-hydroxylation sites is 1. The van der Waals surface area contributed by atoms with Gasteiger partial charge in [-0.25, -0.2) is 4.90 Å². The number of nitrogens with zero attached hydrogens (tertiary/aromatic N) is 1. The summed E-state index contributed by atoms with van der Waals surface area (Å²) in [7, 11) is 0. The van der Waals surface area contributed by atoms with Crippen molar-refractivity contribution in [1.29, 1.82) is 0 Å². The molecule has 5 rings (SSSR count). The van der Waals surface area contributed by atoms with E-state index in [2.05, 4.69) is 5.32 Å². The Morgan fingerprint density at radius 1 is 0.848 bits per heavy atom. The third-order valence-corrected chi connectivity index (χ3v) is 6.10. The fourth-order valence-corrected chi connectivity index (χ4v) is 4.15. The van der Waals surface area contributed by atoms with E-state index in [0.29, 0.717) is 46.7 Å². The molecule has 0 atom stereocenters. The zero-order valence-corrected chi connectivity index (χ0v) is 18.9. The Morgan fingerprint density at radius 2 is 1.61 bits per heavy atom. The van der Waals surface area contributed by atoms with Crippen LogP contribution in [0.25, 0.3) is 5.57 Å². The van der Waals surface area contributed by atoms with Gasteiger partial charge in [-0.15, -0.1) is 0 Å². The van der Waals surface area contributed by atoms with Crippen molar-refractivity contribution in [2.45, 2.75) is 13.8 Å². The summed E-state index contributed by atoms with van der Waals surface area (Å²) in [6.45, 7) is 4.91. The highest BCUT2D eigenvalue weighted by molar-refractivity contribution is 6.48. The number of halogens is 1. The molecule has 7 heteroatoms. The van der Waals surface area contributed by atoms with Crippen molar-refractivity contribution in [2.75, 3.05) is 23.4 Å². The average molecular weight is 461 g/mol. The van der Waals surface area contributed by atoms with E-state index in [9.17, 15) is 9.59 Å². The van der Waals surface area contributed by atoms with Gasteiger partial charge in [-0.05, 0) is 54.8 Å². The number of fused-ring (bicyclic) bond motifs is 1. The first kappa shape index (κ1) is 21.1. The van der Waals surface area contributed by atoms with Gasteiger partial charge in [0.1, 0.15) is 18.9 Å². The Kier molecular flexibility index (Phi) is 5.30. The van der Waals surface area contributed by atoms with E-state index in [0.717, 1.165) is 16.0 Å². The molecule has 0 spiro atoms. The van der Waals surface area contributed by atoms with Crippen LogP contribution < -0.4 is 19.7 Å². The minimum atomic E-state index is -0.476. The summed E-state index contributed by atoms with van der Waals surface area (Å²) in [5, 5.41) is 3.48. The molecule has 2 amide bonds. The maximum absolute atomic E-state index is 13.6. The minimum absolute atomic E-state index is 0.180. The number of carbonyl (C=O) groups is 2. The van der Waals surface area contributed by atoms with Gasteiger partial charge in [0.15, 0.2) is 11.5 Å². The number of hydrogen-bond acceptors (Lipinski definition) is 5. The molecule has 6 nitrogen and oxygen atoms in total. The molecule has 0 aliphatic carbocycles. The van der Waals surface area contributed by atoms with Crippen molar-refractivity contribution in [1.82, 2.24) is 0 Å². The third-order valence-electron chi connectivity index (χ3n) is 5.78. The third kappa shape index (κ3) is 3.72. The van der Waals surface area contributed by atoms with Crippen molar-refractivity contribution >= 4 is 40.4 Å². The zero-order valence-electron chi connectivity index (χ0n) is 18.1. The SMILES string of the molecule is Cc1ccc(C2=C(Nc3ccc4c(c3)OCCO4)C(=O)N(c3ccccc3Cl)C2=O)cc1C. The van der Waals surface area contributed by atoms with Gasteiger partial charge >= 0.3 is 0 Å². The molecule has 2 aliphatic rings. The summed E-state index contributed by atoms with van der Waals surface area (Å²) >= 11 is 6.35. The summed E-state index contributed by atoms with van der Waals surface area (Å²) in [4.78, 5) is 28.3. The van der Waals surface area contributed by atoms with Crippen LogP contribution in [0, 0.1) is 13.8 Å². The fourth-order valence-electron chi connectivity index (χ4n) is 3.93. The molecule has 0 saturated heterocycles. The highest BCUT2D eigenvalue weighted by Gasteiger charge is 2.41. The van der Waals surface area contributed by atoms with Gasteiger partial charge in [0.2, 0.25) is 0 Å². The van der Waals surface area contributed by atoms with E-state index < -0.39 is 11.8 Å². The molecular weight excluding hydrogens is 440 g/mol. The highest BCUT2D eigenvalue weighted by atomic mass is 35.5. The van der Waals surface area contributed by atoms with Gasteiger partial charge in [-0.3, -0.25) is 9.59 Å². The molecule has 3 aromatic rings. The number of amides is 2. The number of rotatable bonds is 4. The molecule has 0 fully saturated rings. The molecule has 0 aromatic heterocycles. The molecule has 0 saturated carbocycles. The average Bonchev–Trinajstić information content (AvgIpc) is 3.05. The first-order valence-corrected chi connectivity index (χ1v) is 10.9. The Balaban J connectivity index is 1.62. The summed E-state index contributed by atoms with van der Waals surface area (Å²) in [5.41, 5.74) is 4.20. The lowest BCUT2D eigenvalue weighted by Crippen LogP contribution is -2.32. The topological polar surface area (TPSA) is 67.9 Å². The number of benzene rings is 3. The second-order valence-corrected chi connectivity index (χ2v) is 8.34. The molecular formula is C26H21ClN2O4. The Morgan fingerprint density at radius 3 is 2.36 bits per heavy atom. The van der Waals surface area contributed by atoms with Crippen LogP contribution in [0.1, 0.15) is 16.7 Å². The molecule has 2 aliphatic heterocycles. The first-order valence-electron chi connectivity index (χ1n) is 10.6. The van der Waals surface area contributed by atoms with Gasteiger partial charge in [-0.1, -0.05) is 41.9 Å². The lowest BCUT2D eigenvalue weighted by Gasteiger charge is -2.19. The number of ether oxygens (including phenoxy) is 2. The smallest absolute Gasteiger partial charge is 0.282 e. The van der Waals surface area contributed by atoms with Crippen LogP contribution >= 0.6 is 11.6 Å². The number of nitrogens with one attached hydrogen (secondary N) is 1. The van der Waals surface area contributed by atoms with Crippen LogP contribution in [0.4, 0.5) is 11.4 Å². The van der Waals surface area contributed by atoms with E-state index >= 15 is 0 Å². The Labute approximate surface area is 196 Å². The van der Waals surface area contributed by atoms with E-state index in [-0.39, 0.29) is 11.3 Å². The lowest BCUT2D eigenvalue weighted by molar-refractivity contribution is -0.120. The van der Waals surface area contributed by atoms with Gasteiger partial charge in [-0.2, -0.15) is 0 Å². The van der Waals surface area contributed by atoms with Gasteiger partial charge in [0, 0.05) is 11.8 Å². The summed E-state index contributed by atoms with van der Waals surface area (Å²) in [5.74, 6) is 0.314. The van der Waals surface area contributed by atoms with Crippen LogP contribution in [0.15, 0.2) is 66.4 Å². The maximum Gasteiger partial charge on any atom is 0.282 e. The highest BCUT2D eigenvalue weighted by Crippen LogP contribution is 2.38. The lowest BCUT2D eigenvalue weighted by atomic mass is 9.99. The summed E-state index contributed by atoms with van der Waals surface area (Å²) in [6.07, 6.45) is 0. The van der Waals surface area contributed by atoms with Crippen LogP contribution in [0.3, 0.4) is 0 Å². The zero-order chi connectivity index (χ0) is 23.1. The van der Waals surface area contributed by atoms with Crippen LogP contribution in [-0.2, 0) is 9.59 Å². The maximum atomic E-state index is 13.6. The van der Waals surface area contributed by atoms with Gasteiger partial charge in [0.05, 0.1) is 16.3 Å². The molecule has 33 heavy (non-hydrogen) atoms. The van der Waals surface area contributed by atoms with Crippen molar-refractivity contribution < 1.29 is 19.1 Å². The second-order valence-electron chi connectivity index (χ2n) is 7.93.